The van der Waals surface area contributed by atoms with Gasteiger partial charge in [0.1, 0.15) is 0 Å². The molecule has 2 aromatic heterocycles. The highest BCUT2D eigenvalue weighted by molar-refractivity contribution is 5.97. The number of aromatic nitrogens is 2. The molecule has 0 saturated carbocycles. The molecular formula is C11H10N2O. The lowest BCUT2D eigenvalue weighted by Gasteiger charge is -2.01. The molecule has 0 fully saturated rings. The van der Waals surface area contributed by atoms with E-state index in [4.69, 9.17) is 0 Å². The highest BCUT2D eigenvalue weighted by Crippen LogP contribution is 2.15. The van der Waals surface area contributed by atoms with Gasteiger partial charge in [0.05, 0.1) is 11.2 Å². The summed E-state index contributed by atoms with van der Waals surface area (Å²) in [6, 6.07) is 3.71. The molecule has 0 aromatic carbocycles. The molecule has 70 valence electrons. The van der Waals surface area contributed by atoms with Crippen LogP contribution in [0.3, 0.4) is 0 Å². The van der Waals surface area contributed by atoms with Crippen LogP contribution in [0.2, 0.25) is 0 Å². The molecule has 0 saturated heterocycles. The number of pyridine rings is 2. The van der Waals surface area contributed by atoms with E-state index >= 15 is 0 Å². The van der Waals surface area contributed by atoms with Crippen LogP contribution >= 0.6 is 0 Å². The Labute approximate surface area is 81.8 Å². The summed E-state index contributed by atoms with van der Waals surface area (Å²) in [5.41, 5.74) is 2.39. The van der Waals surface area contributed by atoms with Crippen molar-refractivity contribution < 1.29 is 4.79 Å². The molecule has 3 heteroatoms. The lowest BCUT2D eigenvalue weighted by molar-refractivity contribution is 0.101. The fourth-order valence-electron chi connectivity index (χ4n) is 1.39. The van der Waals surface area contributed by atoms with Gasteiger partial charge >= 0.3 is 0 Å². The standard InChI is InChI=1S/C11H10N2O/c1-7-11-9(3-4-12-7)5-10(6-13-11)8(2)14/h3-6H,1-2H3. The molecule has 0 radical (unpaired) electrons. The maximum Gasteiger partial charge on any atom is 0.161 e. The van der Waals surface area contributed by atoms with Gasteiger partial charge in [0, 0.05) is 23.3 Å². The van der Waals surface area contributed by atoms with Crippen molar-refractivity contribution in [2.75, 3.05) is 0 Å². The van der Waals surface area contributed by atoms with Crippen LogP contribution in [0.5, 0.6) is 0 Å². The third-order valence-electron chi connectivity index (χ3n) is 2.19. The quantitative estimate of drug-likeness (QED) is 0.641. The highest BCUT2D eigenvalue weighted by atomic mass is 16.1. The summed E-state index contributed by atoms with van der Waals surface area (Å²) < 4.78 is 0. The molecule has 3 nitrogen and oxygen atoms in total. The first-order chi connectivity index (χ1) is 6.68. The van der Waals surface area contributed by atoms with Gasteiger partial charge in [0.2, 0.25) is 0 Å². The number of hydrogen-bond acceptors (Lipinski definition) is 3. The topological polar surface area (TPSA) is 42.9 Å². The number of carbonyl (C=O) groups is 1. The number of aryl methyl sites for hydroxylation is 1. The SMILES string of the molecule is CC(=O)c1cnc2c(C)nccc2c1. The van der Waals surface area contributed by atoms with E-state index in [-0.39, 0.29) is 5.78 Å². The molecule has 0 unspecified atom stereocenters. The Morgan fingerprint density at radius 1 is 1.36 bits per heavy atom. The monoisotopic (exact) mass is 186 g/mol. The van der Waals surface area contributed by atoms with Gasteiger partial charge in [-0.05, 0) is 26.0 Å². The van der Waals surface area contributed by atoms with Gasteiger partial charge in [-0.2, -0.15) is 0 Å². The molecule has 2 heterocycles. The van der Waals surface area contributed by atoms with Gasteiger partial charge in [-0.1, -0.05) is 0 Å². The Kier molecular flexibility index (Phi) is 2.00. The van der Waals surface area contributed by atoms with Gasteiger partial charge in [-0.3, -0.25) is 14.8 Å². The zero-order valence-electron chi connectivity index (χ0n) is 8.11. The summed E-state index contributed by atoms with van der Waals surface area (Å²) in [4.78, 5) is 19.5. The molecule has 14 heavy (non-hydrogen) atoms. The summed E-state index contributed by atoms with van der Waals surface area (Å²) in [5.74, 6) is 0.0360. The van der Waals surface area contributed by atoms with E-state index < -0.39 is 0 Å². The van der Waals surface area contributed by atoms with Crippen molar-refractivity contribution in [2.24, 2.45) is 0 Å². The predicted octanol–water partition coefficient (Wildman–Crippen LogP) is 2.14. The smallest absolute Gasteiger partial charge is 0.161 e. The highest BCUT2D eigenvalue weighted by Gasteiger charge is 2.03. The van der Waals surface area contributed by atoms with Crippen LogP contribution in [0.1, 0.15) is 23.0 Å². The number of fused-ring (bicyclic) bond motifs is 1. The van der Waals surface area contributed by atoms with Crippen LogP contribution in [-0.2, 0) is 0 Å². The van der Waals surface area contributed by atoms with Crippen molar-refractivity contribution in [3.8, 4) is 0 Å². The second-order valence-electron chi connectivity index (χ2n) is 3.25. The predicted molar refractivity (Wildman–Crippen MR) is 54.3 cm³/mol. The first-order valence-corrected chi connectivity index (χ1v) is 4.41. The van der Waals surface area contributed by atoms with E-state index in [1.807, 2.05) is 19.1 Å². The van der Waals surface area contributed by atoms with Crippen molar-refractivity contribution in [1.82, 2.24) is 9.97 Å². The molecule has 0 atom stereocenters. The van der Waals surface area contributed by atoms with E-state index in [2.05, 4.69) is 9.97 Å². The summed E-state index contributed by atoms with van der Waals surface area (Å²) in [6.07, 6.45) is 3.32. The summed E-state index contributed by atoms with van der Waals surface area (Å²) >= 11 is 0. The average Bonchev–Trinajstić information content (AvgIpc) is 2.17. The van der Waals surface area contributed by atoms with Gasteiger partial charge in [0.25, 0.3) is 0 Å². The number of rotatable bonds is 1. The second kappa shape index (κ2) is 3.18. The third-order valence-corrected chi connectivity index (χ3v) is 2.19. The minimum atomic E-state index is 0.0360. The van der Waals surface area contributed by atoms with Crippen molar-refractivity contribution in [3.63, 3.8) is 0 Å². The zero-order chi connectivity index (χ0) is 10.1. The number of Topliss-reactive ketones (excluding diaryl/α,β-unsaturated/α-hetero) is 1. The molecule has 0 spiro atoms. The van der Waals surface area contributed by atoms with Gasteiger partial charge < -0.3 is 0 Å². The molecule has 2 aromatic rings. The first-order valence-electron chi connectivity index (χ1n) is 4.41. The molecule has 0 aliphatic carbocycles. The van der Waals surface area contributed by atoms with Crippen LogP contribution in [0, 0.1) is 6.92 Å². The Morgan fingerprint density at radius 2 is 2.14 bits per heavy atom. The van der Waals surface area contributed by atoms with Crippen molar-refractivity contribution in [3.05, 3.63) is 35.8 Å². The minimum Gasteiger partial charge on any atom is -0.294 e. The van der Waals surface area contributed by atoms with E-state index in [1.165, 1.54) is 6.92 Å². The molecule has 2 rings (SSSR count). The Balaban J connectivity index is 2.73. The van der Waals surface area contributed by atoms with Crippen LogP contribution in [0.15, 0.2) is 24.5 Å². The summed E-state index contributed by atoms with van der Waals surface area (Å²) in [6.45, 7) is 3.44. The van der Waals surface area contributed by atoms with E-state index in [0.717, 1.165) is 16.6 Å². The van der Waals surface area contributed by atoms with Gasteiger partial charge in [0.15, 0.2) is 5.78 Å². The Bertz CT molecular complexity index is 506. The Morgan fingerprint density at radius 3 is 2.86 bits per heavy atom. The van der Waals surface area contributed by atoms with Crippen LogP contribution in [0.25, 0.3) is 10.9 Å². The van der Waals surface area contributed by atoms with Crippen LogP contribution < -0.4 is 0 Å². The maximum atomic E-state index is 11.1. The molecule has 0 aliphatic rings. The second-order valence-corrected chi connectivity index (χ2v) is 3.25. The lowest BCUT2D eigenvalue weighted by atomic mass is 10.1. The largest absolute Gasteiger partial charge is 0.294 e. The number of hydrogen-bond donors (Lipinski definition) is 0. The normalized spacial score (nSPS) is 10.4. The van der Waals surface area contributed by atoms with E-state index in [0.29, 0.717) is 5.56 Å². The lowest BCUT2D eigenvalue weighted by Crippen LogP contribution is -1.95. The van der Waals surface area contributed by atoms with Crippen molar-refractivity contribution in [1.29, 1.82) is 0 Å². The molecule has 0 aliphatic heterocycles. The minimum absolute atomic E-state index is 0.0360. The number of carbonyl (C=O) groups excluding carboxylic acids is 1. The van der Waals surface area contributed by atoms with Crippen LogP contribution in [0.4, 0.5) is 0 Å². The van der Waals surface area contributed by atoms with E-state index in [1.54, 1.807) is 12.4 Å². The maximum absolute atomic E-state index is 11.1. The zero-order valence-corrected chi connectivity index (χ0v) is 8.11. The van der Waals surface area contributed by atoms with E-state index in [9.17, 15) is 4.79 Å². The fourth-order valence-corrected chi connectivity index (χ4v) is 1.39. The summed E-state index contributed by atoms with van der Waals surface area (Å²) in [7, 11) is 0. The molecular weight excluding hydrogens is 176 g/mol. The van der Waals surface area contributed by atoms with Crippen molar-refractivity contribution in [2.45, 2.75) is 13.8 Å². The summed E-state index contributed by atoms with van der Waals surface area (Å²) in [5, 5.41) is 0.963. The molecule has 0 bridgehead atoms. The number of ketones is 1. The fraction of sp³-hybridized carbons (Fsp3) is 0.182. The van der Waals surface area contributed by atoms with Gasteiger partial charge in [-0.15, -0.1) is 0 Å². The van der Waals surface area contributed by atoms with Crippen molar-refractivity contribution >= 4 is 16.7 Å². The van der Waals surface area contributed by atoms with Gasteiger partial charge in [-0.25, -0.2) is 0 Å². The number of nitrogens with zero attached hydrogens (tertiary/aromatic N) is 2. The molecule has 0 N–H and O–H groups in total. The third kappa shape index (κ3) is 1.37. The Hall–Kier alpha value is -1.77. The molecule has 0 amide bonds. The first kappa shape index (κ1) is 8.81. The average molecular weight is 186 g/mol. The van der Waals surface area contributed by atoms with Crippen LogP contribution in [-0.4, -0.2) is 15.8 Å².